The molecule has 2 N–H and O–H groups in total. The van der Waals surface area contributed by atoms with Crippen LogP contribution in [0.15, 0.2) is 10.6 Å². The summed E-state index contributed by atoms with van der Waals surface area (Å²) in [6, 6.07) is 1.59. The summed E-state index contributed by atoms with van der Waals surface area (Å²) in [6.45, 7) is 5.27. The van der Waals surface area contributed by atoms with Crippen LogP contribution in [0.3, 0.4) is 0 Å². The smallest absolute Gasteiger partial charge is 0.307 e. The van der Waals surface area contributed by atoms with Crippen molar-refractivity contribution in [1.82, 2.24) is 5.16 Å². The van der Waals surface area contributed by atoms with E-state index in [0.29, 0.717) is 5.69 Å². The van der Waals surface area contributed by atoms with E-state index in [4.69, 9.17) is 9.63 Å². The third-order valence-corrected chi connectivity index (χ3v) is 3.25. The Morgan fingerprint density at radius 3 is 2.53 bits per heavy atom. The van der Waals surface area contributed by atoms with Crippen LogP contribution in [0.4, 0.5) is 5.88 Å². The van der Waals surface area contributed by atoms with E-state index < -0.39 is 23.2 Å². The average molecular weight is 238 g/mol. The topological polar surface area (TPSA) is 92.4 Å². The van der Waals surface area contributed by atoms with Crippen molar-refractivity contribution in [3.8, 4) is 0 Å². The molecule has 1 saturated carbocycles. The molecule has 0 aromatic carbocycles. The van der Waals surface area contributed by atoms with Gasteiger partial charge in [0, 0.05) is 6.07 Å². The van der Waals surface area contributed by atoms with Gasteiger partial charge in [-0.1, -0.05) is 19.0 Å². The Kier molecular flexibility index (Phi) is 2.45. The second-order valence-corrected chi connectivity index (χ2v) is 4.94. The first kappa shape index (κ1) is 11.6. The predicted octanol–water partition coefficient (Wildman–Crippen LogP) is 1.28. The van der Waals surface area contributed by atoms with E-state index in [9.17, 15) is 9.59 Å². The molecule has 6 nitrogen and oxygen atoms in total. The predicted molar refractivity (Wildman–Crippen MR) is 58.3 cm³/mol. The van der Waals surface area contributed by atoms with E-state index >= 15 is 0 Å². The molecule has 1 aliphatic rings. The highest BCUT2D eigenvalue weighted by molar-refractivity contribution is 5.98. The van der Waals surface area contributed by atoms with Gasteiger partial charge in [-0.2, -0.15) is 0 Å². The number of carbonyl (C=O) groups excluding carboxylic acids is 1. The van der Waals surface area contributed by atoms with Gasteiger partial charge in [0.1, 0.15) is 0 Å². The molecule has 1 fully saturated rings. The molecule has 17 heavy (non-hydrogen) atoms. The number of hydrogen-bond donors (Lipinski definition) is 2. The molecule has 6 heteroatoms. The second kappa shape index (κ2) is 3.58. The number of nitrogens with zero attached hydrogens (tertiary/aromatic N) is 1. The van der Waals surface area contributed by atoms with E-state index in [1.165, 1.54) is 0 Å². The summed E-state index contributed by atoms with van der Waals surface area (Å²) in [5, 5.41) is 15.1. The fraction of sp³-hybridized carbons (Fsp3) is 0.545. The largest absolute Gasteiger partial charge is 0.481 e. The molecule has 0 aliphatic heterocycles. The van der Waals surface area contributed by atoms with E-state index in [0.717, 1.165) is 0 Å². The van der Waals surface area contributed by atoms with Crippen molar-refractivity contribution in [3.05, 3.63) is 11.8 Å². The van der Waals surface area contributed by atoms with Gasteiger partial charge >= 0.3 is 5.97 Å². The van der Waals surface area contributed by atoms with E-state index in [-0.39, 0.29) is 11.8 Å². The van der Waals surface area contributed by atoms with Crippen molar-refractivity contribution in [3.63, 3.8) is 0 Å². The lowest BCUT2D eigenvalue weighted by molar-refractivity contribution is -0.140. The monoisotopic (exact) mass is 238 g/mol. The average Bonchev–Trinajstić information content (AvgIpc) is 2.54. The molecule has 1 aromatic rings. The maximum atomic E-state index is 11.9. The molecule has 0 saturated heterocycles. The summed E-state index contributed by atoms with van der Waals surface area (Å²) >= 11 is 0. The number of anilines is 1. The first-order chi connectivity index (χ1) is 7.84. The van der Waals surface area contributed by atoms with Crippen molar-refractivity contribution >= 4 is 17.8 Å². The summed E-state index contributed by atoms with van der Waals surface area (Å²) in [4.78, 5) is 22.8. The zero-order valence-corrected chi connectivity index (χ0v) is 9.85. The molecule has 1 heterocycles. The molecular weight excluding hydrogens is 224 g/mol. The summed E-state index contributed by atoms with van der Waals surface area (Å²) in [5.41, 5.74) is 0.149. The van der Waals surface area contributed by atoms with E-state index in [2.05, 4.69) is 10.5 Å². The summed E-state index contributed by atoms with van der Waals surface area (Å²) in [6.07, 6.45) is 0. The minimum Gasteiger partial charge on any atom is -0.481 e. The lowest BCUT2D eigenvalue weighted by atomic mass is 10.1. The van der Waals surface area contributed by atoms with Crippen LogP contribution in [-0.2, 0) is 9.59 Å². The van der Waals surface area contributed by atoms with Gasteiger partial charge in [-0.25, -0.2) is 0 Å². The number of nitrogens with one attached hydrogen (secondary N) is 1. The Labute approximate surface area is 98.0 Å². The molecule has 0 spiro atoms. The molecule has 1 aliphatic carbocycles. The summed E-state index contributed by atoms with van der Waals surface area (Å²) in [5.74, 6) is -2.18. The molecule has 1 amide bonds. The van der Waals surface area contributed by atoms with Crippen LogP contribution in [0.2, 0.25) is 0 Å². The number of aryl methyl sites for hydroxylation is 1. The van der Waals surface area contributed by atoms with Crippen LogP contribution < -0.4 is 5.32 Å². The highest BCUT2D eigenvalue weighted by Gasteiger charge is 2.66. The van der Waals surface area contributed by atoms with Gasteiger partial charge in [-0.3, -0.25) is 14.9 Å². The van der Waals surface area contributed by atoms with E-state index in [1.807, 2.05) is 0 Å². The SMILES string of the molecule is Cc1cc(NC(=O)[C@H]2[C@H](C(=O)O)C2(C)C)on1. The number of carboxylic acids is 1. The molecule has 1 aromatic heterocycles. The minimum atomic E-state index is -0.941. The van der Waals surface area contributed by atoms with Gasteiger partial charge in [0.2, 0.25) is 11.8 Å². The standard InChI is InChI=1S/C11H14N2O4/c1-5-4-6(17-13-5)12-9(14)7-8(10(15)16)11(7,2)3/h4,7-8H,1-3H3,(H,12,14)(H,15,16)/t7-,8-/m1/s1. The number of hydrogen-bond acceptors (Lipinski definition) is 4. The molecule has 2 rings (SSSR count). The Balaban J connectivity index is 2.05. The van der Waals surface area contributed by atoms with Crippen molar-refractivity contribution in [2.45, 2.75) is 20.8 Å². The minimum absolute atomic E-state index is 0.249. The fourth-order valence-electron chi connectivity index (χ4n) is 2.21. The van der Waals surface area contributed by atoms with E-state index in [1.54, 1.807) is 26.8 Å². The van der Waals surface area contributed by atoms with Gasteiger partial charge in [0.15, 0.2) is 0 Å². The fourth-order valence-corrected chi connectivity index (χ4v) is 2.21. The zero-order valence-electron chi connectivity index (χ0n) is 9.85. The van der Waals surface area contributed by atoms with Crippen LogP contribution in [-0.4, -0.2) is 22.1 Å². The quantitative estimate of drug-likeness (QED) is 0.827. The first-order valence-corrected chi connectivity index (χ1v) is 5.31. The van der Waals surface area contributed by atoms with Crippen LogP contribution >= 0.6 is 0 Å². The molecule has 2 atom stereocenters. The van der Waals surface area contributed by atoms with Gasteiger partial charge in [0.05, 0.1) is 17.5 Å². The number of carbonyl (C=O) groups is 2. The Hall–Kier alpha value is -1.85. The Morgan fingerprint density at radius 2 is 2.12 bits per heavy atom. The molecule has 92 valence electrons. The lowest BCUT2D eigenvalue weighted by Crippen LogP contribution is -2.17. The number of aromatic nitrogens is 1. The van der Waals surface area contributed by atoms with Gasteiger partial charge in [-0.15, -0.1) is 0 Å². The van der Waals surface area contributed by atoms with Crippen molar-refractivity contribution < 1.29 is 19.2 Å². The third kappa shape index (κ3) is 1.90. The zero-order chi connectivity index (χ0) is 12.8. The highest BCUT2D eigenvalue weighted by atomic mass is 16.5. The lowest BCUT2D eigenvalue weighted by Gasteiger charge is -2.01. The summed E-state index contributed by atoms with van der Waals surface area (Å²) in [7, 11) is 0. The number of rotatable bonds is 3. The van der Waals surface area contributed by atoms with Crippen LogP contribution in [0.1, 0.15) is 19.5 Å². The second-order valence-electron chi connectivity index (χ2n) is 4.94. The maximum Gasteiger partial charge on any atom is 0.307 e. The van der Waals surface area contributed by atoms with Crippen molar-refractivity contribution in [2.24, 2.45) is 17.3 Å². The first-order valence-electron chi connectivity index (χ1n) is 5.31. The normalized spacial score (nSPS) is 25.4. The maximum absolute atomic E-state index is 11.9. The van der Waals surface area contributed by atoms with Crippen LogP contribution in [0, 0.1) is 24.2 Å². The third-order valence-electron chi connectivity index (χ3n) is 3.25. The van der Waals surface area contributed by atoms with Gasteiger partial charge < -0.3 is 9.63 Å². The van der Waals surface area contributed by atoms with Crippen molar-refractivity contribution in [2.75, 3.05) is 5.32 Å². The van der Waals surface area contributed by atoms with Gasteiger partial charge in [0.25, 0.3) is 0 Å². The molecule has 0 unspecified atom stereocenters. The highest BCUT2D eigenvalue weighted by Crippen LogP contribution is 2.58. The van der Waals surface area contributed by atoms with Crippen molar-refractivity contribution in [1.29, 1.82) is 0 Å². The van der Waals surface area contributed by atoms with Crippen LogP contribution in [0.5, 0.6) is 0 Å². The molecular formula is C11H14N2O4. The van der Waals surface area contributed by atoms with Crippen LogP contribution in [0.25, 0.3) is 0 Å². The number of amides is 1. The Bertz CT molecular complexity index is 478. The Morgan fingerprint density at radius 1 is 1.47 bits per heavy atom. The number of aliphatic carboxylic acids is 1. The summed E-state index contributed by atoms with van der Waals surface area (Å²) < 4.78 is 4.85. The number of carboxylic acid groups (broad SMARTS) is 1. The van der Waals surface area contributed by atoms with Gasteiger partial charge in [-0.05, 0) is 12.3 Å². The molecule has 0 bridgehead atoms. The molecule has 0 radical (unpaired) electrons.